The first-order chi connectivity index (χ1) is 8.90. The van der Waals surface area contributed by atoms with Crippen molar-refractivity contribution in [3.8, 4) is 0 Å². The van der Waals surface area contributed by atoms with Crippen molar-refractivity contribution in [1.82, 2.24) is 14.7 Å². The molecule has 1 amide bonds. The predicted molar refractivity (Wildman–Crippen MR) is 63.9 cm³/mol. The maximum absolute atomic E-state index is 12.2. The van der Waals surface area contributed by atoms with E-state index in [4.69, 9.17) is 10.8 Å². The number of carbonyl (C=O) groups is 2. The van der Waals surface area contributed by atoms with Crippen molar-refractivity contribution in [3.05, 3.63) is 18.0 Å². The summed E-state index contributed by atoms with van der Waals surface area (Å²) in [5, 5.41) is 22.5. The van der Waals surface area contributed by atoms with Gasteiger partial charge in [-0.2, -0.15) is 5.10 Å². The van der Waals surface area contributed by atoms with Crippen molar-refractivity contribution in [3.63, 3.8) is 0 Å². The molecule has 1 fully saturated rings. The molecule has 0 aliphatic carbocycles. The van der Waals surface area contributed by atoms with Gasteiger partial charge in [-0.05, 0) is 0 Å². The highest BCUT2D eigenvalue weighted by molar-refractivity contribution is 5.88. The van der Waals surface area contributed by atoms with Crippen molar-refractivity contribution in [2.75, 3.05) is 6.54 Å². The summed E-state index contributed by atoms with van der Waals surface area (Å²) in [4.78, 5) is 24.4. The number of aliphatic carboxylic acids is 1. The van der Waals surface area contributed by atoms with Crippen molar-refractivity contribution >= 4 is 11.9 Å². The van der Waals surface area contributed by atoms with E-state index in [1.807, 2.05) is 0 Å². The molecule has 0 radical (unpaired) electrons. The van der Waals surface area contributed by atoms with Crippen LogP contribution in [0, 0.1) is 0 Å². The number of aryl methyl sites for hydroxylation is 1. The normalized spacial score (nSPS) is 24.5. The Balaban J connectivity index is 2.16. The van der Waals surface area contributed by atoms with Crippen molar-refractivity contribution in [2.24, 2.45) is 12.8 Å². The molecule has 1 aromatic heterocycles. The summed E-state index contributed by atoms with van der Waals surface area (Å²) in [6.45, 7) is -0.0102. The average molecular weight is 268 g/mol. The second-order valence-electron chi connectivity index (χ2n) is 4.66. The molecule has 0 bridgehead atoms. The van der Waals surface area contributed by atoms with E-state index in [0.717, 1.165) is 4.90 Å². The number of carbonyl (C=O) groups excluding carboxylic acids is 1. The van der Waals surface area contributed by atoms with Crippen LogP contribution in [-0.2, 0) is 16.6 Å². The number of aliphatic hydroxyl groups excluding tert-OH is 1. The minimum Gasteiger partial charge on any atom is -0.480 e. The molecule has 8 heteroatoms. The molecule has 19 heavy (non-hydrogen) atoms. The molecule has 3 atom stereocenters. The zero-order valence-corrected chi connectivity index (χ0v) is 10.4. The van der Waals surface area contributed by atoms with Gasteiger partial charge in [0.15, 0.2) is 0 Å². The van der Waals surface area contributed by atoms with Crippen LogP contribution < -0.4 is 5.73 Å². The van der Waals surface area contributed by atoms with E-state index < -0.39 is 30.1 Å². The van der Waals surface area contributed by atoms with E-state index >= 15 is 0 Å². The summed E-state index contributed by atoms with van der Waals surface area (Å²) in [6.07, 6.45) is 2.27. The number of nitrogens with zero attached hydrogens (tertiary/aromatic N) is 3. The highest BCUT2D eigenvalue weighted by atomic mass is 16.4. The predicted octanol–water partition coefficient (Wildman–Crippen LogP) is -1.53. The van der Waals surface area contributed by atoms with Crippen molar-refractivity contribution < 1.29 is 19.8 Å². The molecule has 2 rings (SSSR count). The summed E-state index contributed by atoms with van der Waals surface area (Å²) >= 11 is 0. The first-order valence-electron chi connectivity index (χ1n) is 5.85. The third-order valence-electron chi connectivity index (χ3n) is 3.20. The van der Waals surface area contributed by atoms with Gasteiger partial charge < -0.3 is 20.8 Å². The highest BCUT2D eigenvalue weighted by Crippen LogP contribution is 2.22. The Labute approximate surface area is 109 Å². The van der Waals surface area contributed by atoms with E-state index in [1.54, 1.807) is 13.2 Å². The van der Waals surface area contributed by atoms with Gasteiger partial charge in [0.1, 0.15) is 12.1 Å². The van der Waals surface area contributed by atoms with E-state index in [2.05, 4.69) is 5.10 Å². The van der Waals surface area contributed by atoms with Crippen LogP contribution in [0.4, 0.5) is 0 Å². The number of hydrogen-bond donors (Lipinski definition) is 3. The number of hydrogen-bond acceptors (Lipinski definition) is 5. The quantitative estimate of drug-likeness (QED) is 0.611. The van der Waals surface area contributed by atoms with Crippen LogP contribution >= 0.6 is 0 Å². The topological polar surface area (TPSA) is 122 Å². The first-order valence-corrected chi connectivity index (χ1v) is 5.85. The van der Waals surface area contributed by atoms with Gasteiger partial charge in [-0.3, -0.25) is 9.48 Å². The van der Waals surface area contributed by atoms with Gasteiger partial charge in [0.2, 0.25) is 5.91 Å². The minimum absolute atomic E-state index is 0.0102. The van der Waals surface area contributed by atoms with Crippen LogP contribution in [0.3, 0.4) is 0 Å². The number of likely N-dealkylation sites (tertiary alicyclic amines) is 1. The van der Waals surface area contributed by atoms with Gasteiger partial charge in [0.05, 0.1) is 12.3 Å². The van der Waals surface area contributed by atoms with E-state index in [0.29, 0.717) is 5.56 Å². The van der Waals surface area contributed by atoms with Gasteiger partial charge in [-0.1, -0.05) is 0 Å². The third kappa shape index (κ3) is 2.59. The Bertz CT molecular complexity index is 501. The second-order valence-corrected chi connectivity index (χ2v) is 4.66. The standard InChI is InChI=1S/C11H16N4O4/c1-14-4-6(3-13-14)9(12)10(17)15-5-7(16)2-8(15)11(18)19/h3-4,7-9,16H,2,5,12H2,1H3,(H,18,19)/t7-,8-,9?/m1/s1. The van der Waals surface area contributed by atoms with Gasteiger partial charge >= 0.3 is 5.97 Å². The van der Waals surface area contributed by atoms with Gasteiger partial charge in [0, 0.05) is 31.8 Å². The molecule has 4 N–H and O–H groups in total. The molecule has 8 nitrogen and oxygen atoms in total. The van der Waals surface area contributed by atoms with E-state index in [9.17, 15) is 14.7 Å². The lowest BCUT2D eigenvalue weighted by molar-refractivity contribution is -0.148. The Hall–Kier alpha value is -1.93. The molecule has 2 heterocycles. The molecule has 104 valence electrons. The van der Waals surface area contributed by atoms with Crippen molar-refractivity contribution in [1.29, 1.82) is 0 Å². The maximum Gasteiger partial charge on any atom is 0.326 e. The Morgan fingerprint density at radius 2 is 2.26 bits per heavy atom. The Kier molecular flexibility index (Phi) is 3.54. The number of carboxylic acid groups (broad SMARTS) is 1. The summed E-state index contributed by atoms with van der Waals surface area (Å²) in [6, 6.07) is -1.99. The maximum atomic E-state index is 12.2. The summed E-state index contributed by atoms with van der Waals surface area (Å²) in [5.41, 5.74) is 6.33. The molecular weight excluding hydrogens is 252 g/mol. The summed E-state index contributed by atoms with van der Waals surface area (Å²) < 4.78 is 1.51. The molecule has 0 saturated carbocycles. The fourth-order valence-electron chi connectivity index (χ4n) is 2.21. The lowest BCUT2D eigenvalue weighted by Gasteiger charge is -2.24. The molecule has 1 aromatic rings. The molecule has 0 spiro atoms. The van der Waals surface area contributed by atoms with E-state index in [-0.39, 0.29) is 13.0 Å². The number of aliphatic hydroxyl groups is 1. The van der Waals surface area contributed by atoms with E-state index in [1.165, 1.54) is 10.9 Å². The monoisotopic (exact) mass is 268 g/mol. The minimum atomic E-state index is -1.14. The molecule has 1 saturated heterocycles. The largest absolute Gasteiger partial charge is 0.480 e. The number of nitrogens with two attached hydrogens (primary N) is 1. The number of amides is 1. The Morgan fingerprint density at radius 3 is 2.79 bits per heavy atom. The van der Waals surface area contributed by atoms with Crippen LogP contribution in [0.1, 0.15) is 18.0 Å². The van der Waals surface area contributed by atoms with Crippen LogP contribution in [0.15, 0.2) is 12.4 Å². The molecular formula is C11H16N4O4. The molecule has 0 aromatic carbocycles. The lowest BCUT2D eigenvalue weighted by Crippen LogP contribution is -2.45. The summed E-state index contributed by atoms with van der Waals surface area (Å²) in [7, 11) is 1.69. The van der Waals surface area contributed by atoms with Crippen molar-refractivity contribution in [2.45, 2.75) is 24.6 Å². The fourth-order valence-corrected chi connectivity index (χ4v) is 2.21. The Morgan fingerprint density at radius 1 is 1.58 bits per heavy atom. The molecule has 1 unspecified atom stereocenters. The lowest BCUT2D eigenvalue weighted by atomic mass is 10.1. The number of rotatable bonds is 3. The van der Waals surface area contributed by atoms with Crippen LogP contribution in [-0.4, -0.2) is 55.5 Å². The smallest absolute Gasteiger partial charge is 0.326 e. The second kappa shape index (κ2) is 4.98. The zero-order chi connectivity index (χ0) is 14.2. The number of β-amino-alcohol motifs (C(OH)–C–C–N with tert-alkyl or cyclic N) is 1. The van der Waals surface area contributed by atoms with Crippen LogP contribution in [0.25, 0.3) is 0 Å². The van der Waals surface area contributed by atoms with Gasteiger partial charge in [-0.25, -0.2) is 4.79 Å². The van der Waals surface area contributed by atoms with Crippen LogP contribution in [0.2, 0.25) is 0 Å². The zero-order valence-electron chi connectivity index (χ0n) is 10.4. The van der Waals surface area contributed by atoms with Crippen LogP contribution in [0.5, 0.6) is 0 Å². The van der Waals surface area contributed by atoms with Gasteiger partial charge in [-0.15, -0.1) is 0 Å². The summed E-state index contributed by atoms with van der Waals surface area (Å²) in [5.74, 6) is -1.65. The molecule has 1 aliphatic heterocycles. The third-order valence-corrected chi connectivity index (χ3v) is 3.20. The highest BCUT2D eigenvalue weighted by Gasteiger charge is 2.40. The number of aromatic nitrogens is 2. The SMILES string of the molecule is Cn1cc(C(N)C(=O)N2C[C@H](O)C[C@@H]2C(=O)O)cn1. The number of carboxylic acids is 1. The molecule has 1 aliphatic rings. The first kappa shape index (κ1) is 13.5. The average Bonchev–Trinajstić information content (AvgIpc) is 2.93. The van der Waals surface area contributed by atoms with Gasteiger partial charge in [0.25, 0.3) is 0 Å². The fraction of sp³-hybridized carbons (Fsp3) is 0.545.